The van der Waals surface area contributed by atoms with Gasteiger partial charge in [0.2, 0.25) is 0 Å². The lowest BCUT2D eigenvalue weighted by Crippen LogP contribution is -2.13. The molecule has 1 aliphatic carbocycles. The van der Waals surface area contributed by atoms with Gasteiger partial charge in [-0.1, -0.05) is 24.3 Å². The van der Waals surface area contributed by atoms with Gasteiger partial charge in [0, 0.05) is 5.56 Å². The van der Waals surface area contributed by atoms with Gasteiger partial charge >= 0.3 is 0 Å². The van der Waals surface area contributed by atoms with Crippen molar-refractivity contribution in [3.63, 3.8) is 0 Å². The van der Waals surface area contributed by atoms with Crippen molar-refractivity contribution in [2.45, 2.75) is 25.2 Å². The third kappa shape index (κ3) is 2.31. The summed E-state index contributed by atoms with van der Waals surface area (Å²) >= 11 is 0. The van der Waals surface area contributed by atoms with Crippen LogP contribution in [-0.4, -0.2) is 13.7 Å². The molecule has 0 aliphatic heterocycles. The van der Waals surface area contributed by atoms with Crippen molar-refractivity contribution in [1.29, 1.82) is 0 Å². The molecular weight excluding hydrogens is 258 g/mol. The van der Waals surface area contributed by atoms with Gasteiger partial charge in [0.05, 0.1) is 7.11 Å². The summed E-state index contributed by atoms with van der Waals surface area (Å²) in [6, 6.07) is 10.8. The number of ether oxygens (including phenoxy) is 1. The molecule has 102 valence electrons. The summed E-state index contributed by atoms with van der Waals surface area (Å²) < 4.78 is 5.50. The van der Waals surface area contributed by atoms with Crippen molar-refractivity contribution < 1.29 is 4.74 Å². The molecule has 0 spiro atoms. The molecule has 0 aromatic heterocycles. The molecule has 19 heavy (non-hydrogen) atoms. The van der Waals surface area contributed by atoms with Gasteiger partial charge in [0.25, 0.3) is 0 Å². The van der Waals surface area contributed by atoms with Crippen LogP contribution in [0, 0.1) is 0 Å². The maximum atomic E-state index is 5.74. The summed E-state index contributed by atoms with van der Waals surface area (Å²) in [5.41, 5.74) is 8.57. The molecular formula is C16H20ClNO. The number of hydrogen-bond donors (Lipinski definition) is 1. The van der Waals surface area contributed by atoms with E-state index in [-0.39, 0.29) is 12.4 Å². The molecule has 2 N–H and O–H groups in total. The molecule has 1 aliphatic rings. The SMILES string of the molecule is COc1ccc2cccc3c2c1CCC3CCN.Cl. The van der Waals surface area contributed by atoms with Crippen LogP contribution in [0.15, 0.2) is 30.3 Å². The molecule has 2 nitrogen and oxygen atoms in total. The van der Waals surface area contributed by atoms with Crippen LogP contribution in [0.3, 0.4) is 0 Å². The molecule has 0 heterocycles. The molecule has 2 aromatic carbocycles. The van der Waals surface area contributed by atoms with Crippen LogP contribution in [0.5, 0.6) is 5.75 Å². The Hall–Kier alpha value is -1.25. The van der Waals surface area contributed by atoms with E-state index in [1.807, 2.05) is 0 Å². The van der Waals surface area contributed by atoms with Crippen LogP contribution in [0.25, 0.3) is 10.8 Å². The van der Waals surface area contributed by atoms with E-state index in [0.29, 0.717) is 5.92 Å². The first-order valence-corrected chi connectivity index (χ1v) is 6.63. The lowest BCUT2D eigenvalue weighted by Gasteiger charge is -2.26. The van der Waals surface area contributed by atoms with Crippen LogP contribution in [-0.2, 0) is 6.42 Å². The lowest BCUT2D eigenvalue weighted by atomic mass is 9.79. The van der Waals surface area contributed by atoms with Crippen LogP contribution in [0.1, 0.15) is 29.9 Å². The van der Waals surface area contributed by atoms with Crippen LogP contribution in [0.4, 0.5) is 0 Å². The first kappa shape index (κ1) is 14.2. The predicted molar refractivity (Wildman–Crippen MR) is 82.5 cm³/mol. The second-order valence-corrected chi connectivity index (χ2v) is 5.00. The van der Waals surface area contributed by atoms with Crippen molar-refractivity contribution in [1.82, 2.24) is 0 Å². The average Bonchev–Trinajstić information content (AvgIpc) is 2.42. The molecule has 0 fully saturated rings. The van der Waals surface area contributed by atoms with Gasteiger partial charge in [0.1, 0.15) is 5.75 Å². The monoisotopic (exact) mass is 277 g/mol. The van der Waals surface area contributed by atoms with E-state index in [1.165, 1.54) is 28.3 Å². The zero-order chi connectivity index (χ0) is 12.5. The van der Waals surface area contributed by atoms with Gasteiger partial charge in [-0.15, -0.1) is 12.4 Å². The number of rotatable bonds is 3. The minimum Gasteiger partial charge on any atom is -0.496 e. The van der Waals surface area contributed by atoms with E-state index in [9.17, 15) is 0 Å². The Kier molecular flexibility index (Phi) is 4.33. The smallest absolute Gasteiger partial charge is 0.122 e. The fourth-order valence-corrected chi connectivity index (χ4v) is 3.22. The average molecular weight is 278 g/mol. The Bertz CT molecular complexity index is 582. The van der Waals surface area contributed by atoms with Gasteiger partial charge in [-0.05, 0) is 54.1 Å². The van der Waals surface area contributed by atoms with Crippen LogP contribution >= 0.6 is 12.4 Å². The Morgan fingerprint density at radius 2 is 2.11 bits per heavy atom. The molecule has 3 rings (SSSR count). The molecule has 3 heteroatoms. The van der Waals surface area contributed by atoms with Gasteiger partial charge < -0.3 is 10.5 Å². The number of benzene rings is 2. The van der Waals surface area contributed by atoms with E-state index in [0.717, 1.165) is 25.1 Å². The summed E-state index contributed by atoms with van der Waals surface area (Å²) in [5, 5.41) is 2.73. The Balaban J connectivity index is 0.00000133. The van der Waals surface area contributed by atoms with Crippen molar-refractivity contribution in [2.24, 2.45) is 5.73 Å². The van der Waals surface area contributed by atoms with Crippen molar-refractivity contribution in [3.8, 4) is 5.75 Å². The van der Waals surface area contributed by atoms with E-state index in [1.54, 1.807) is 7.11 Å². The third-order valence-electron chi connectivity index (χ3n) is 4.06. The molecule has 0 saturated heterocycles. The highest BCUT2D eigenvalue weighted by molar-refractivity contribution is 5.92. The Labute approximate surface area is 120 Å². The summed E-state index contributed by atoms with van der Waals surface area (Å²) in [5.74, 6) is 1.64. The molecule has 0 radical (unpaired) electrons. The van der Waals surface area contributed by atoms with E-state index < -0.39 is 0 Å². The fraction of sp³-hybridized carbons (Fsp3) is 0.375. The number of methoxy groups -OCH3 is 1. The first-order valence-electron chi connectivity index (χ1n) is 6.63. The molecule has 0 amide bonds. The zero-order valence-corrected chi connectivity index (χ0v) is 12.0. The molecule has 0 bridgehead atoms. The second kappa shape index (κ2) is 5.81. The Morgan fingerprint density at radius 1 is 1.26 bits per heavy atom. The van der Waals surface area contributed by atoms with Crippen molar-refractivity contribution >= 4 is 23.2 Å². The van der Waals surface area contributed by atoms with E-state index >= 15 is 0 Å². The van der Waals surface area contributed by atoms with Gasteiger partial charge in [0.15, 0.2) is 0 Å². The molecule has 0 saturated carbocycles. The highest BCUT2D eigenvalue weighted by Gasteiger charge is 2.23. The molecule has 2 aromatic rings. The second-order valence-electron chi connectivity index (χ2n) is 5.00. The normalized spacial score (nSPS) is 17.1. The summed E-state index contributed by atoms with van der Waals surface area (Å²) in [6.45, 7) is 0.764. The minimum absolute atomic E-state index is 0. The van der Waals surface area contributed by atoms with Crippen LogP contribution < -0.4 is 10.5 Å². The lowest BCUT2D eigenvalue weighted by molar-refractivity contribution is 0.408. The van der Waals surface area contributed by atoms with Gasteiger partial charge in [-0.25, -0.2) is 0 Å². The summed E-state index contributed by atoms with van der Waals surface area (Å²) in [4.78, 5) is 0. The largest absolute Gasteiger partial charge is 0.496 e. The zero-order valence-electron chi connectivity index (χ0n) is 11.2. The Morgan fingerprint density at radius 3 is 2.84 bits per heavy atom. The van der Waals surface area contributed by atoms with E-state index in [2.05, 4.69) is 30.3 Å². The third-order valence-corrected chi connectivity index (χ3v) is 4.06. The summed E-state index contributed by atoms with van der Waals surface area (Å²) in [6.07, 6.45) is 3.36. The van der Waals surface area contributed by atoms with E-state index in [4.69, 9.17) is 10.5 Å². The molecule has 1 unspecified atom stereocenters. The van der Waals surface area contributed by atoms with Crippen molar-refractivity contribution in [3.05, 3.63) is 41.5 Å². The topological polar surface area (TPSA) is 35.2 Å². The minimum atomic E-state index is 0. The number of aryl methyl sites for hydroxylation is 1. The van der Waals surface area contributed by atoms with Crippen molar-refractivity contribution in [2.75, 3.05) is 13.7 Å². The number of hydrogen-bond acceptors (Lipinski definition) is 2. The summed E-state index contributed by atoms with van der Waals surface area (Å²) in [7, 11) is 1.76. The number of halogens is 1. The van der Waals surface area contributed by atoms with Gasteiger partial charge in [-0.2, -0.15) is 0 Å². The maximum Gasteiger partial charge on any atom is 0.122 e. The first-order chi connectivity index (χ1) is 8.85. The quantitative estimate of drug-likeness (QED) is 0.929. The fourth-order valence-electron chi connectivity index (χ4n) is 3.22. The highest BCUT2D eigenvalue weighted by Crippen LogP contribution is 2.41. The van der Waals surface area contributed by atoms with Gasteiger partial charge in [-0.3, -0.25) is 0 Å². The maximum absolute atomic E-state index is 5.74. The molecule has 1 atom stereocenters. The predicted octanol–water partition coefficient (Wildman–Crippen LogP) is 3.65. The highest BCUT2D eigenvalue weighted by atomic mass is 35.5. The van der Waals surface area contributed by atoms with Crippen LogP contribution in [0.2, 0.25) is 0 Å². The number of nitrogens with two attached hydrogens (primary N) is 1. The standard InChI is InChI=1S/C16H19NO.ClH/c1-18-15-8-6-12-3-2-4-13-11(9-10-17)5-7-14(15)16(12)13;/h2-4,6,8,11H,5,7,9-10,17H2,1H3;1H.